The highest BCUT2D eigenvalue weighted by Crippen LogP contribution is 2.27. The topological polar surface area (TPSA) is 36.4 Å². The van der Waals surface area contributed by atoms with Gasteiger partial charge in [-0.25, -0.2) is 0 Å². The molecule has 1 aliphatic heterocycles. The molecule has 0 saturated carbocycles. The van der Waals surface area contributed by atoms with Crippen LogP contribution in [0.2, 0.25) is 0 Å². The van der Waals surface area contributed by atoms with E-state index < -0.39 is 0 Å². The molecule has 1 fully saturated rings. The van der Waals surface area contributed by atoms with Gasteiger partial charge < -0.3 is 4.90 Å². The van der Waals surface area contributed by atoms with Gasteiger partial charge in [0.25, 0.3) is 5.91 Å². The van der Waals surface area contributed by atoms with Crippen LogP contribution in [0.4, 0.5) is 0 Å². The molecule has 1 aromatic heterocycles. The third-order valence-electron chi connectivity index (χ3n) is 4.95. The molecule has 24 heavy (non-hydrogen) atoms. The fourth-order valence-electron chi connectivity index (χ4n) is 3.52. The van der Waals surface area contributed by atoms with E-state index in [0.29, 0.717) is 18.3 Å². The molecule has 2 atom stereocenters. The third kappa shape index (κ3) is 3.49. The molecule has 4 heteroatoms. The van der Waals surface area contributed by atoms with E-state index in [1.54, 1.807) is 12.3 Å². The molecule has 1 aliphatic rings. The number of hydrogen-bond donors (Lipinski definition) is 0. The molecule has 4 nitrogen and oxygen atoms in total. The maximum atomic E-state index is 12.8. The second-order valence-electron chi connectivity index (χ2n) is 6.33. The van der Waals surface area contributed by atoms with Crippen LogP contribution in [-0.2, 0) is 0 Å². The van der Waals surface area contributed by atoms with Crippen LogP contribution in [0.25, 0.3) is 0 Å². The zero-order valence-electron chi connectivity index (χ0n) is 14.4. The number of benzene rings is 1. The zero-order chi connectivity index (χ0) is 16.9. The van der Waals surface area contributed by atoms with E-state index in [2.05, 4.69) is 41.1 Å². The first-order valence-electron chi connectivity index (χ1n) is 8.71. The molecule has 1 amide bonds. The van der Waals surface area contributed by atoms with Crippen LogP contribution < -0.4 is 0 Å². The molecule has 0 unspecified atom stereocenters. The van der Waals surface area contributed by atoms with E-state index in [9.17, 15) is 4.79 Å². The number of likely N-dealkylation sites (N-methyl/N-ethyl adjacent to an activating group) is 1. The van der Waals surface area contributed by atoms with Crippen molar-refractivity contribution in [3.05, 3.63) is 66.0 Å². The van der Waals surface area contributed by atoms with Crippen molar-refractivity contribution < 1.29 is 4.79 Å². The second kappa shape index (κ2) is 7.58. The van der Waals surface area contributed by atoms with Crippen LogP contribution in [-0.4, -0.2) is 46.4 Å². The molecule has 0 aliphatic carbocycles. The summed E-state index contributed by atoms with van der Waals surface area (Å²) >= 11 is 0. The molecule has 3 rings (SSSR count). The summed E-state index contributed by atoms with van der Waals surface area (Å²) in [6.45, 7) is 6.95. The SMILES string of the molecule is CCN(C(=O)c1ccccn1)[C@H]1CCN([C@@H](C)c2ccccc2)C1. The Morgan fingerprint density at radius 1 is 1.25 bits per heavy atom. The summed E-state index contributed by atoms with van der Waals surface area (Å²) < 4.78 is 0. The highest BCUT2D eigenvalue weighted by atomic mass is 16.2. The van der Waals surface area contributed by atoms with Crippen LogP contribution in [0.15, 0.2) is 54.7 Å². The van der Waals surface area contributed by atoms with Crippen molar-refractivity contribution in [2.45, 2.75) is 32.4 Å². The van der Waals surface area contributed by atoms with E-state index in [1.807, 2.05) is 30.0 Å². The number of carbonyl (C=O) groups excluding carboxylic acids is 1. The lowest BCUT2D eigenvalue weighted by atomic mass is 10.1. The predicted molar refractivity (Wildman–Crippen MR) is 95.8 cm³/mol. The molecule has 1 aromatic carbocycles. The average molecular weight is 323 g/mol. The minimum Gasteiger partial charge on any atom is -0.333 e. The number of pyridine rings is 1. The minimum atomic E-state index is 0.0392. The maximum absolute atomic E-state index is 12.8. The van der Waals surface area contributed by atoms with Gasteiger partial charge in [0.1, 0.15) is 5.69 Å². The van der Waals surface area contributed by atoms with Gasteiger partial charge in [0.2, 0.25) is 0 Å². The van der Waals surface area contributed by atoms with E-state index in [1.165, 1.54) is 5.56 Å². The van der Waals surface area contributed by atoms with Gasteiger partial charge in [-0.3, -0.25) is 14.7 Å². The Morgan fingerprint density at radius 2 is 2.00 bits per heavy atom. The predicted octanol–water partition coefficient (Wildman–Crippen LogP) is 3.38. The van der Waals surface area contributed by atoms with E-state index in [-0.39, 0.29) is 11.9 Å². The highest BCUT2D eigenvalue weighted by molar-refractivity contribution is 5.92. The van der Waals surface area contributed by atoms with Crippen molar-refractivity contribution >= 4 is 5.91 Å². The highest BCUT2D eigenvalue weighted by Gasteiger charge is 2.32. The smallest absolute Gasteiger partial charge is 0.272 e. The van der Waals surface area contributed by atoms with Crippen molar-refractivity contribution in [2.24, 2.45) is 0 Å². The first-order chi connectivity index (χ1) is 11.7. The normalized spacial score (nSPS) is 19.2. The van der Waals surface area contributed by atoms with Crippen LogP contribution >= 0.6 is 0 Å². The number of hydrogen-bond acceptors (Lipinski definition) is 3. The van der Waals surface area contributed by atoms with Crippen molar-refractivity contribution in [1.29, 1.82) is 0 Å². The van der Waals surface area contributed by atoms with Crippen LogP contribution in [0.3, 0.4) is 0 Å². The van der Waals surface area contributed by atoms with Crippen LogP contribution in [0, 0.1) is 0 Å². The number of likely N-dealkylation sites (tertiary alicyclic amines) is 1. The van der Waals surface area contributed by atoms with Gasteiger partial charge in [0.15, 0.2) is 0 Å². The molecular weight excluding hydrogens is 298 g/mol. The number of carbonyl (C=O) groups is 1. The number of amides is 1. The van der Waals surface area contributed by atoms with Crippen molar-refractivity contribution in [3.63, 3.8) is 0 Å². The van der Waals surface area contributed by atoms with Gasteiger partial charge >= 0.3 is 0 Å². The Balaban J connectivity index is 1.68. The first kappa shape index (κ1) is 16.7. The first-order valence-corrected chi connectivity index (χ1v) is 8.71. The zero-order valence-corrected chi connectivity index (χ0v) is 14.4. The Labute approximate surface area is 144 Å². The lowest BCUT2D eigenvalue weighted by Gasteiger charge is -2.29. The molecular formula is C20H25N3O. The fraction of sp³-hybridized carbons (Fsp3) is 0.400. The summed E-state index contributed by atoms with van der Waals surface area (Å²) in [6.07, 6.45) is 2.70. The maximum Gasteiger partial charge on any atom is 0.272 e. The second-order valence-corrected chi connectivity index (χ2v) is 6.33. The lowest BCUT2D eigenvalue weighted by Crippen LogP contribution is -2.42. The molecule has 2 heterocycles. The molecule has 2 aromatic rings. The number of aromatic nitrogens is 1. The largest absolute Gasteiger partial charge is 0.333 e. The number of nitrogens with zero attached hydrogens (tertiary/aromatic N) is 3. The van der Waals surface area contributed by atoms with Gasteiger partial charge in [-0.05, 0) is 38.0 Å². The van der Waals surface area contributed by atoms with E-state index >= 15 is 0 Å². The Hall–Kier alpha value is -2.20. The Bertz CT molecular complexity index is 659. The molecule has 0 N–H and O–H groups in total. The van der Waals surface area contributed by atoms with E-state index in [4.69, 9.17) is 0 Å². The summed E-state index contributed by atoms with van der Waals surface area (Å²) in [5, 5.41) is 0. The third-order valence-corrected chi connectivity index (χ3v) is 4.95. The van der Waals surface area contributed by atoms with Gasteiger partial charge in [-0.15, -0.1) is 0 Å². The Kier molecular flexibility index (Phi) is 5.26. The van der Waals surface area contributed by atoms with Gasteiger partial charge in [0, 0.05) is 37.9 Å². The standard InChI is InChI=1S/C20H25N3O/c1-3-23(20(24)19-11-7-8-13-21-19)18-12-14-22(15-18)16(2)17-9-5-4-6-10-17/h4-11,13,16,18H,3,12,14-15H2,1-2H3/t16-,18-/m0/s1. The summed E-state index contributed by atoms with van der Waals surface area (Å²) in [7, 11) is 0. The van der Waals surface area contributed by atoms with Crippen molar-refractivity contribution in [1.82, 2.24) is 14.8 Å². The fourth-order valence-corrected chi connectivity index (χ4v) is 3.52. The van der Waals surface area contributed by atoms with Crippen LogP contribution in [0.1, 0.15) is 42.4 Å². The van der Waals surface area contributed by atoms with Crippen molar-refractivity contribution in [3.8, 4) is 0 Å². The molecule has 0 spiro atoms. The molecule has 1 saturated heterocycles. The monoisotopic (exact) mass is 323 g/mol. The van der Waals surface area contributed by atoms with Crippen LogP contribution in [0.5, 0.6) is 0 Å². The molecule has 0 radical (unpaired) electrons. The quantitative estimate of drug-likeness (QED) is 0.846. The summed E-state index contributed by atoms with van der Waals surface area (Å²) in [5.41, 5.74) is 1.87. The van der Waals surface area contributed by atoms with Gasteiger partial charge in [-0.2, -0.15) is 0 Å². The molecule has 0 bridgehead atoms. The number of rotatable bonds is 5. The summed E-state index contributed by atoms with van der Waals surface area (Å²) in [5.74, 6) is 0.0392. The van der Waals surface area contributed by atoms with E-state index in [0.717, 1.165) is 19.5 Å². The van der Waals surface area contributed by atoms with Crippen molar-refractivity contribution in [2.75, 3.05) is 19.6 Å². The lowest BCUT2D eigenvalue weighted by molar-refractivity contribution is 0.0683. The van der Waals surface area contributed by atoms with Gasteiger partial charge in [0.05, 0.1) is 0 Å². The molecule has 126 valence electrons. The average Bonchev–Trinajstić information content (AvgIpc) is 3.13. The summed E-state index contributed by atoms with van der Waals surface area (Å²) in [4.78, 5) is 21.4. The summed E-state index contributed by atoms with van der Waals surface area (Å²) in [6, 6.07) is 16.7. The Morgan fingerprint density at radius 3 is 2.67 bits per heavy atom. The minimum absolute atomic E-state index is 0.0392. The van der Waals surface area contributed by atoms with Gasteiger partial charge in [-0.1, -0.05) is 36.4 Å².